The van der Waals surface area contributed by atoms with Gasteiger partial charge in [0.2, 0.25) is 0 Å². The highest BCUT2D eigenvalue weighted by Gasteiger charge is 2.28. The van der Waals surface area contributed by atoms with Gasteiger partial charge in [-0.25, -0.2) is 4.79 Å². The molecule has 0 aliphatic carbocycles. The van der Waals surface area contributed by atoms with Crippen molar-refractivity contribution >= 4 is 42.5 Å². The Morgan fingerprint density at radius 2 is 2.08 bits per heavy atom. The van der Waals surface area contributed by atoms with E-state index in [4.69, 9.17) is 21.1 Å². The Kier molecular flexibility index (Phi) is 9.51. The van der Waals surface area contributed by atoms with E-state index in [0.29, 0.717) is 42.8 Å². The molecule has 1 aliphatic rings. The first kappa shape index (κ1) is 22.3. The minimum atomic E-state index is -0.404. The summed E-state index contributed by atoms with van der Waals surface area (Å²) in [6, 6.07) is 10.3. The Morgan fingerprint density at radius 3 is 2.81 bits per heavy atom. The van der Waals surface area contributed by atoms with Crippen LogP contribution in [-0.4, -0.2) is 48.3 Å². The van der Waals surface area contributed by atoms with Crippen molar-refractivity contribution in [3.05, 3.63) is 53.8 Å². The number of nitrogens with zero attached hydrogens (tertiary/aromatic N) is 2. The standard InChI is InChI=1S/C17H18ClN3O3.2ClH/c18-13-3-1-4-15(9-13)24-17(22)21-8-7-20-10-14(21)12-23-16-5-2-6-19-11-16;;/h1-6,9,11,14,20H,7-8,10,12H2;2*1H. The van der Waals surface area contributed by atoms with E-state index >= 15 is 0 Å². The molecular formula is C17H20Cl3N3O3. The van der Waals surface area contributed by atoms with Crippen LogP contribution in [0.15, 0.2) is 48.8 Å². The van der Waals surface area contributed by atoms with Crippen LogP contribution in [0.5, 0.6) is 11.5 Å². The summed E-state index contributed by atoms with van der Waals surface area (Å²) in [4.78, 5) is 18.1. The summed E-state index contributed by atoms with van der Waals surface area (Å²) in [6.07, 6.45) is 2.92. The number of halogens is 3. The summed E-state index contributed by atoms with van der Waals surface area (Å²) in [6.45, 7) is 2.28. The monoisotopic (exact) mass is 419 g/mol. The van der Waals surface area contributed by atoms with Gasteiger partial charge in [0.05, 0.1) is 12.2 Å². The molecule has 0 radical (unpaired) electrons. The fourth-order valence-electron chi connectivity index (χ4n) is 2.47. The molecule has 1 saturated heterocycles. The third-order valence-corrected chi connectivity index (χ3v) is 3.90. The lowest BCUT2D eigenvalue weighted by atomic mass is 10.2. The van der Waals surface area contributed by atoms with Crippen LogP contribution in [-0.2, 0) is 0 Å². The van der Waals surface area contributed by atoms with Gasteiger partial charge in [0, 0.05) is 30.9 Å². The van der Waals surface area contributed by atoms with Crippen molar-refractivity contribution in [2.75, 3.05) is 26.2 Å². The summed E-state index contributed by atoms with van der Waals surface area (Å²) in [5.74, 6) is 1.10. The number of piperazine rings is 1. The highest BCUT2D eigenvalue weighted by molar-refractivity contribution is 6.30. The molecule has 6 nitrogen and oxygen atoms in total. The Bertz CT molecular complexity index is 691. The highest BCUT2D eigenvalue weighted by Crippen LogP contribution is 2.19. The fraction of sp³-hybridized carbons (Fsp3) is 0.294. The molecule has 142 valence electrons. The number of carbonyl (C=O) groups excluding carboxylic acids is 1. The van der Waals surface area contributed by atoms with E-state index in [9.17, 15) is 4.79 Å². The molecule has 0 bridgehead atoms. The van der Waals surface area contributed by atoms with Gasteiger partial charge in [0.1, 0.15) is 18.1 Å². The quantitative estimate of drug-likeness (QED) is 0.821. The van der Waals surface area contributed by atoms with Gasteiger partial charge in [-0.3, -0.25) is 9.88 Å². The van der Waals surface area contributed by atoms with Crippen molar-refractivity contribution in [1.29, 1.82) is 0 Å². The van der Waals surface area contributed by atoms with Crippen molar-refractivity contribution in [3.63, 3.8) is 0 Å². The normalized spacial score (nSPS) is 16.0. The van der Waals surface area contributed by atoms with E-state index in [1.165, 1.54) is 0 Å². The molecule has 3 rings (SSSR count). The van der Waals surface area contributed by atoms with Gasteiger partial charge < -0.3 is 14.8 Å². The maximum Gasteiger partial charge on any atom is 0.415 e. The minimum Gasteiger partial charge on any atom is -0.490 e. The predicted octanol–water partition coefficient (Wildman–Crippen LogP) is 3.43. The van der Waals surface area contributed by atoms with E-state index in [2.05, 4.69) is 10.3 Å². The number of nitrogens with one attached hydrogen (secondary N) is 1. The van der Waals surface area contributed by atoms with Crippen LogP contribution in [0.4, 0.5) is 4.79 Å². The first-order valence-electron chi connectivity index (χ1n) is 7.70. The van der Waals surface area contributed by atoms with Crippen LogP contribution in [0, 0.1) is 0 Å². The van der Waals surface area contributed by atoms with Crippen LogP contribution >= 0.6 is 36.4 Å². The first-order valence-corrected chi connectivity index (χ1v) is 8.08. The largest absolute Gasteiger partial charge is 0.490 e. The maximum atomic E-state index is 12.5. The van der Waals surface area contributed by atoms with Gasteiger partial charge in [-0.2, -0.15) is 0 Å². The summed E-state index contributed by atoms with van der Waals surface area (Å²) < 4.78 is 11.1. The minimum absolute atomic E-state index is 0. The molecule has 0 spiro atoms. The van der Waals surface area contributed by atoms with Crippen LogP contribution in [0.1, 0.15) is 0 Å². The molecule has 1 aliphatic heterocycles. The van der Waals surface area contributed by atoms with E-state index in [1.807, 2.05) is 6.07 Å². The van der Waals surface area contributed by atoms with Crippen molar-refractivity contribution < 1.29 is 14.3 Å². The van der Waals surface area contributed by atoms with Crippen molar-refractivity contribution in [1.82, 2.24) is 15.2 Å². The number of hydrogen-bond acceptors (Lipinski definition) is 5. The Labute approximate surface area is 169 Å². The van der Waals surface area contributed by atoms with Gasteiger partial charge >= 0.3 is 6.09 Å². The molecular weight excluding hydrogens is 401 g/mol. The second-order valence-electron chi connectivity index (χ2n) is 5.38. The lowest BCUT2D eigenvalue weighted by Crippen LogP contribution is -2.56. The van der Waals surface area contributed by atoms with Crippen molar-refractivity contribution in [2.45, 2.75) is 6.04 Å². The van der Waals surface area contributed by atoms with Gasteiger partial charge in [-0.05, 0) is 30.3 Å². The zero-order valence-electron chi connectivity index (χ0n) is 13.8. The first-order chi connectivity index (χ1) is 11.7. The van der Waals surface area contributed by atoms with E-state index in [1.54, 1.807) is 47.6 Å². The number of amides is 1. The Morgan fingerprint density at radius 1 is 1.27 bits per heavy atom. The van der Waals surface area contributed by atoms with E-state index < -0.39 is 6.09 Å². The summed E-state index contributed by atoms with van der Waals surface area (Å²) in [7, 11) is 0. The second-order valence-corrected chi connectivity index (χ2v) is 5.81. The van der Waals surface area contributed by atoms with Crippen molar-refractivity contribution in [2.24, 2.45) is 0 Å². The average Bonchev–Trinajstić information content (AvgIpc) is 2.61. The molecule has 1 aromatic heterocycles. The smallest absolute Gasteiger partial charge is 0.415 e. The number of ether oxygens (including phenoxy) is 2. The van der Waals surface area contributed by atoms with Crippen LogP contribution < -0.4 is 14.8 Å². The number of carbonyl (C=O) groups is 1. The average molecular weight is 421 g/mol. The topological polar surface area (TPSA) is 63.7 Å². The van der Waals surface area contributed by atoms with Gasteiger partial charge in [0.15, 0.2) is 0 Å². The number of benzene rings is 1. The van der Waals surface area contributed by atoms with Gasteiger partial charge in [-0.15, -0.1) is 24.8 Å². The molecule has 1 amide bonds. The molecule has 1 unspecified atom stereocenters. The lowest BCUT2D eigenvalue weighted by Gasteiger charge is -2.35. The number of hydrogen-bond donors (Lipinski definition) is 1. The molecule has 1 N–H and O–H groups in total. The zero-order chi connectivity index (χ0) is 16.8. The third-order valence-electron chi connectivity index (χ3n) is 3.66. The second kappa shape index (κ2) is 11.1. The lowest BCUT2D eigenvalue weighted by molar-refractivity contribution is 0.0953. The third kappa shape index (κ3) is 6.21. The van der Waals surface area contributed by atoms with Gasteiger partial charge in [-0.1, -0.05) is 17.7 Å². The molecule has 1 fully saturated rings. The maximum absolute atomic E-state index is 12.5. The molecule has 0 saturated carbocycles. The van der Waals surface area contributed by atoms with Gasteiger partial charge in [0.25, 0.3) is 0 Å². The summed E-state index contributed by atoms with van der Waals surface area (Å²) in [5, 5.41) is 3.79. The van der Waals surface area contributed by atoms with Crippen LogP contribution in [0.25, 0.3) is 0 Å². The molecule has 26 heavy (non-hydrogen) atoms. The number of rotatable bonds is 4. The Hall–Kier alpha value is -1.73. The zero-order valence-corrected chi connectivity index (χ0v) is 16.2. The predicted molar refractivity (Wildman–Crippen MR) is 105 cm³/mol. The summed E-state index contributed by atoms with van der Waals surface area (Å²) >= 11 is 5.92. The van der Waals surface area contributed by atoms with Crippen molar-refractivity contribution in [3.8, 4) is 11.5 Å². The highest BCUT2D eigenvalue weighted by atomic mass is 35.5. The molecule has 1 aromatic carbocycles. The SMILES string of the molecule is Cl.Cl.O=C(Oc1cccc(Cl)c1)N1CCNCC1COc1cccnc1. The molecule has 2 heterocycles. The molecule has 9 heteroatoms. The molecule has 2 aromatic rings. The molecule has 1 atom stereocenters. The summed E-state index contributed by atoms with van der Waals surface area (Å²) in [5.41, 5.74) is 0. The fourth-order valence-corrected chi connectivity index (χ4v) is 2.65. The Balaban J connectivity index is 0.00000169. The number of pyridine rings is 1. The van der Waals surface area contributed by atoms with E-state index in [-0.39, 0.29) is 30.9 Å². The van der Waals surface area contributed by atoms with Crippen LogP contribution in [0.3, 0.4) is 0 Å². The van der Waals surface area contributed by atoms with Crippen LogP contribution in [0.2, 0.25) is 5.02 Å². The number of aromatic nitrogens is 1. The van der Waals surface area contributed by atoms with E-state index in [0.717, 1.165) is 0 Å².